The molecule has 0 saturated carbocycles. The van der Waals surface area contributed by atoms with Gasteiger partial charge in [-0.1, -0.05) is 24.3 Å². The zero-order chi connectivity index (χ0) is 24.9. The molecule has 35 heavy (non-hydrogen) atoms. The van der Waals surface area contributed by atoms with Crippen LogP contribution >= 0.6 is 0 Å². The Bertz CT molecular complexity index is 1330. The SMILES string of the molecule is Cc1cc(C)cc(-n2cc(N)c(NC(=O)c3ccc(C(Cc4cccnc4)OC(N)=O)cc3)n2)c1. The highest BCUT2D eigenvalue weighted by atomic mass is 16.6. The molecule has 2 heterocycles. The molecule has 2 amide bonds. The molecule has 0 aliphatic carbocycles. The largest absolute Gasteiger partial charge is 0.441 e. The monoisotopic (exact) mass is 470 g/mol. The zero-order valence-corrected chi connectivity index (χ0v) is 19.4. The molecular formula is C26H26N6O3. The van der Waals surface area contributed by atoms with Crippen molar-refractivity contribution in [2.24, 2.45) is 5.73 Å². The molecule has 0 aliphatic heterocycles. The number of aryl methyl sites for hydroxylation is 2. The first-order chi connectivity index (χ1) is 16.8. The highest BCUT2D eigenvalue weighted by molar-refractivity contribution is 6.05. The topological polar surface area (TPSA) is 138 Å². The van der Waals surface area contributed by atoms with Crippen LogP contribution in [-0.4, -0.2) is 26.8 Å². The molecule has 9 nitrogen and oxygen atoms in total. The predicted molar refractivity (Wildman–Crippen MR) is 133 cm³/mol. The maximum Gasteiger partial charge on any atom is 0.405 e. The van der Waals surface area contributed by atoms with Gasteiger partial charge in [0.2, 0.25) is 0 Å². The quantitative estimate of drug-likeness (QED) is 0.372. The lowest BCUT2D eigenvalue weighted by Crippen LogP contribution is -2.19. The third-order valence-electron chi connectivity index (χ3n) is 5.39. The summed E-state index contributed by atoms with van der Waals surface area (Å²) in [5, 5.41) is 7.19. The van der Waals surface area contributed by atoms with E-state index < -0.39 is 12.2 Å². The third-order valence-corrected chi connectivity index (χ3v) is 5.39. The zero-order valence-electron chi connectivity index (χ0n) is 19.4. The number of carbonyl (C=O) groups is 2. The van der Waals surface area contributed by atoms with Crippen molar-refractivity contribution in [2.45, 2.75) is 26.4 Å². The number of nitrogen functional groups attached to an aromatic ring is 1. The molecule has 9 heteroatoms. The summed E-state index contributed by atoms with van der Waals surface area (Å²) in [6, 6.07) is 16.4. The van der Waals surface area contributed by atoms with Crippen molar-refractivity contribution in [2.75, 3.05) is 11.1 Å². The van der Waals surface area contributed by atoms with Crippen molar-refractivity contribution in [1.29, 1.82) is 0 Å². The number of nitrogens with one attached hydrogen (secondary N) is 1. The van der Waals surface area contributed by atoms with E-state index in [4.69, 9.17) is 16.2 Å². The molecule has 1 atom stereocenters. The molecule has 0 saturated heterocycles. The number of nitrogens with zero attached hydrogens (tertiary/aromatic N) is 3. The standard InChI is InChI=1S/C26H26N6O3/c1-16-10-17(2)12-21(11-16)32-15-22(27)24(31-32)30-25(33)20-7-5-19(6-8-20)23(35-26(28)34)13-18-4-3-9-29-14-18/h3-12,14-15,23H,13,27H2,1-2H3,(H2,28,34)(H,30,31,33). The molecule has 2 aromatic heterocycles. The van der Waals surface area contributed by atoms with Crippen molar-refractivity contribution in [3.8, 4) is 5.69 Å². The normalized spacial score (nSPS) is 11.6. The summed E-state index contributed by atoms with van der Waals surface area (Å²) < 4.78 is 6.93. The molecule has 5 N–H and O–H groups in total. The van der Waals surface area contributed by atoms with E-state index in [9.17, 15) is 9.59 Å². The van der Waals surface area contributed by atoms with Gasteiger partial charge in [-0.15, -0.1) is 5.10 Å². The van der Waals surface area contributed by atoms with Crippen LogP contribution in [0.1, 0.15) is 38.7 Å². The highest BCUT2D eigenvalue weighted by Gasteiger charge is 2.18. The number of ether oxygens (including phenoxy) is 1. The smallest absolute Gasteiger partial charge is 0.405 e. The summed E-state index contributed by atoms with van der Waals surface area (Å²) in [4.78, 5) is 28.3. The lowest BCUT2D eigenvalue weighted by Gasteiger charge is -2.17. The number of carbonyl (C=O) groups excluding carboxylic acids is 2. The number of hydrogen-bond donors (Lipinski definition) is 3. The van der Waals surface area contributed by atoms with Crippen LogP contribution in [0.3, 0.4) is 0 Å². The number of amides is 2. The number of nitrogens with two attached hydrogens (primary N) is 2. The fourth-order valence-electron chi connectivity index (χ4n) is 3.83. The average Bonchev–Trinajstić information content (AvgIpc) is 3.18. The van der Waals surface area contributed by atoms with Crippen LogP contribution in [0.25, 0.3) is 5.69 Å². The number of aromatic nitrogens is 3. The minimum atomic E-state index is -0.879. The molecule has 4 aromatic rings. The van der Waals surface area contributed by atoms with Gasteiger partial charge in [-0.2, -0.15) is 0 Å². The Morgan fingerprint density at radius 3 is 2.43 bits per heavy atom. The minimum Gasteiger partial charge on any atom is -0.441 e. The molecule has 0 fully saturated rings. The Balaban J connectivity index is 1.49. The van der Waals surface area contributed by atoms with E-state index in [1.165, 1.54) is 0 Å². The number of pyridine rings is 1. The molecule has 0 spiro atoms. The van der Waals surface area contributed by atoms with E-state index in [0.29, 0.717) is 23.2 Å². The second-order valence-corrected chi connectivity index (χ2v) is 8.29. The van der Waals surface area contributed by atoms with Gasteiger partial charge in [-0.25, -0.2) is 9.48 Å². The lowest BCUT2D eigenvalue weighted by atomic mass is 10.0. The van der Waals surface area contributed by atoms with Crippen molar-refractivity contribution in [1.82, 2.24) is 14.8 Å². The van der Waals surface area contributed by atoms with E-state index in [2.05, 4.69) is 21.5 Å². The van der Waals surface area contributed by atoms with Gasteiger partial charge in [0.05, 0.1) is 17.6 Å². The van der Waals surface area contributed by atoms with Crippen LogP contribution in [0.15, 0.2) is 73.2 Å². The van der Waals surface area contributed by atoms with E-state index in [-0.39, 0.29) is 11.7 Å². The average molecular weight is 471 g/mol. The number of anilines is 2. The van der Waals surface area contributed by atoms with Gasteiger partial charge < -0.3 is 21.5 Å². The second-order valence-electron chi connectivity index (χ2n) is 8.29. The van der Waals surface area contributed by atoms with E-state index in [0.717, 1.165) is 22.4 Å². The summed E-state index contributed by atoms with van der Waals surface area (Å²) in [6.07, 6.45) is 3.93. The number of benzene rings is 2. The Hall–Kier alpha value is -4.66. The maximum absolute atomic E-state index is 12.8. The number of primary amides is 1. The minimum absolute atomic E-state index is 0.268. The summed E-state index contributed by atoms with van der Waals surface area (Å²) in [5.41, 5.74) is 16.7. The summed E-state index contributed by atoms with van der Waals surface area (Å²) in [5.74, 6) is -0.0988. The molecule has 2 aromatic carbocycles. The van der Waals surface area contributed by atoms with Gasteiger partial charge in [0.1, 0.15) is 6.10 Å². The Kier molecular flexibility index (Phi) is 6.77. The van der Waals surface area contributed by atoms with Gasteiger partial charge in [-0.3, -0.25) is 9.78 Å². The van der Waals surface area contributed by atoms with Crippen molar-refractivity contribution in [3.05, 3.63) is 101 Å². The molecule has 1 unspecified atom stereocenters. The maximum atomic E-state index is 12.8. The molecule has 178 valence electrons. The summed E-state index contributed by atoms with van der Waals surface area (Å²) in [7, 11) is 0. The van der Waals surface area contributed by atoms with Crippen LogP contribution in [0.2, 0.25) is 0 Å². The van der Waals surface area contributed by atoms with Crippen molar-refractivity contribution < 1.29 is 14.3 Å². The van der Waals surface area contributed by atoms with Crippen LogP contribution in [0.5, 0.6) is 0 Å². The van der Waals surface area contributed by atoms with Crippen LogP contribution in [-0.2, 0) is 11.2 Å². The van der Waals surface area contributed by atoms with E-state index in [1.807, 2.05) is 32.0 Å². The summed E-state index contributed by atoms with van der Waals surface area (Å²) in [6.45, 7) is 4.01. The first-order valence-corrected chi connectivity index (χ1v) is 11.0. The van der Waals surface area contributed by atoms with Crippen LogP contribution in [0, 0.1) is 13.8 Å². The number of hydrogen-bond acceptors (Lipinski definition) is 6. The molecule has 0 radical (unpaired) electrons. The first-order valence-electron chi connectivity index (χ1n) is 11.0. The number of rotatable bonds is 7. The molecule has 0 bridgehead atoms. The fraction of sp³-hybridized carbons (Fsp3) is 0.154. The molecular weight excluding hydrogens is 444 g/mol. The first kappa shape index (κ1) is 23.5. The van der Waals surface area contributed by atoms with Gasteiger partial charge in [0.15, 0.2) is 5.82 Å². The van der Waals surface area contributed by atoms with Crippen LogP contribution < -0.4 is 16.8 Å². The third kappa shape index (κ3) is 5.83. The van der Waals surface area contributed by atoms with Gasteiger partial charge in [0, 0.05) is 24.4 Å². The van der Waals surface area contributed by atoms with Crippen molar-refractivity contribution in [3.63, 3.8) is 0 Å². The fourth-order valence-corrected chi connectivity index (χ4v) is 3.83. The Morgan fingerprint density at radius 2 is 1.80 bits per heavy atom. The molecule has 4 rings (SSSR count). The Labute approximate surface area is 202 Å². The molecule has 0 aliphatic rings. The van der Waals surface area contributed by atoms with Crippen LogP contribution in [0.4, 0.5) is 16.3 Å². The van der Waals surface area contributed by atoms with Crippen molar-refractivity contribution >= 4 is 23.5 Å². The van der Waals surface area contributed by atoms with Gasteiger partial charge in [0.25, 0.3) is 5.91 Å². The van der Waals surface area contributed by atoms with E-state index >= 15 is 0 Å². The van der Waals surface area contributed by atoms with Gasteiger partial charge >= 0.3 is 6.09 Å². The lowest BCUT2D eigenvalue weighted by molar-refractivity contribution is 0.102. The summed E-state index contributed by atoms with van der Waals surface area (Å²) >= 11 is 0. The van der Waals surface area contributed by atoms with E-state index in [1.54, 1.807) is 53.6 Å². The Morgan fingerprint density at radius 1 is 1.09 bits per heavy atom. The predicted octanol–water partition coefficient (Wildman–Crippen LogP) is 4.10. The second kappa shape index (κ2) is 10.1. The van der Waals surface area contributed by atoms with Gasteiger partial charge in [-0.05, 0) is 66.4 Å². The highest BCUT2D eigenvalue weighted by Crippen LogP contribution is 2.24.